The van der Waals surface area contributed by atoms with Gasteiger partial charge in [0.2, 0.25) is 0 Å². The zero-order chi connectivity index (χ0) is 11.5. The van der Waals surface area contributed by atoms with Gasteiger partial charge in [-0.1, -0.05) is 20.3 Å². The van der Waals surface area contributed by atoms with Gasteiger partial charge < -0.3 is 9.73 Å². The number of rotatable bonds is 3. The van der Waals surface area contributed by atoms with Crippen molar-refractivity contribution in [3.63, 3.8) is 0 Å². The van der Waals surface area contributed by atoms with Gasteiger partial charge in [-0.25, -0.2) is 0 Å². The van der Waals surface area contributed by atoms with Crippen LogP contribution in [0.4, 0.5) is 0 Å². The average molecular weight is 221 g/mol. The van der Waals surface area contributed by atoms with Crippen molar-refractivity contribution >= 4 is 0 Å². The van der Waals surface area contributed by atoms with Crippen molar-refractivity contribution in [2.45, 2.75) is 52.1 Å². The van der Waals surface area contributed by atoms with Crippen molar-refractivity contribution in [3.8, 4) is 0 Å². The summed E-state index contributed by atoms with van der Waals surface area (Å²) in [5.41, 5.74) is 0. The maximum absolute atomic E-state index is 5.44. The maximum Gasteiger partial charge on any atom is 0.120 e. The van der Waals surface area contributed by atoms with E-state index < -0.39 is 0 Å². The lowest BCUT2D eigenvalue weighted by molar-refractivity contribution is 0.190. The van der Waals surface area contributed by atoms with Gasteiger partial charge in [-0.2, -0.15) is 0 Å². The minimum Gasteiger partial charge on any atom is -0.468 e. The molecular weight excluding hydrogens is 198 g/mol. The Kier molecular flexibility index (Phi) is 3.70. The Labute approximate surface area is 98.4 Å². The summed E-state index contributed by atoms with van der Waals surface area (Å²) in [6, 6.07) is 4.97. The normalized spacial score (nSPS) is 32.6. The molecule has 1 aromatic rings. The zero-order valence-electron chi connectivity index (χ0n) is 10.6. The van der Waals surface area contributed by atoms with E-state index in [-0.39, 0.29) is 0 Å². The van der Waals surface area contributed by atoms with Gasteiger partial charge in [-0.05, 0) is 43.7 Å². The van der Waals surface area contributed by atoms with E-state index in [0.29, 0.717) is 12.1 Å². The van der Waals surface area contributed by atoms with E-state index in [0.717, 1.165) is 17.6 Å². The van der Waals surface area contributed by atoms with Crippen LogP contribution in [0.5, 0.6) is 0 Å². The first-order valence-corrected chi connectivity index (χ1v) is 6.48. The van der Waals surface area contributed by atoms with E-state index >= 15 is 0 Å². The van der Waals surface area contributed by atoms with E-state index in [1.807, 2.05) is 6.07 Å². The van der Waals surface area contributed by atoms with Crippen LogP contribution < -0.4 is 5.32 Å². The van der Waals surface area contributed by atoms with Crippen LogP contribution >= 0.6 is 0 Å². The molecule has 1 aromatic heterocycles. The highest BCUT2D eigenvalue weighted by atomic mass is 16.3. The SMILES string of the molecule is CC(NC1C(C)CCCC1C)c1ccco1. The molecule has 1 aliphatic rings. The summed E-state index contributed by atoms with van der Waals surface area (Å²) in [7, 11) is 0. The van der Waals surface area contributed by atoms with Crippen LogP contribution in [0.1, 0.15) is 51.8 Å². The number of furan rings is 1. The molecule has 0 aliphatic heterocycles. The summed E-state index contributed by atoms with van der Waals surface area (Å²) in [5, 5.41) is 3.73. The second kappa shape index (κ2) is 5.05. The fourth-order valence-electron chi connectivity index (χ4n) is 2.92. The third kappa shape index (κ3) is 2.49. The highest BCUT2D eigenvalue weighted by molar-refractivity contribution is 5.04. The molecule has 2 rings (SSSR count). The van der Waals surface area contributed by atoms with E-state index in [9.17, 15) is 0 Å². The molecule has 0 amide bonds. The van der Waals surface area contributed by atoms with Crippen LogP contribution in [-0.4, -0.2) is 6.04 Å². The summed E-state index contributed by atoms with van der Waals surface area (Å²) in [5.74, 6) is 2.60. The molecule has 3 unspecified atom stereocenters. The summed E-state index contributed by atoms with van der Waals surface area (Å²) in [4.78, 5) is 0. The van der Waals surface area contributed by atoms with Crippen molar-refractivity contribution in [2.24, 2.45) is 11.8 Å². The number of nitrogens with one attached hydrogen (secondary N) is 1. The predicted octanol–water partition coefficient (Wildman–Crippen LogP) is 3.75. The fourth-order valence-corrected chi connectivity index (χ4v) is 2.92. The van der Waals surface area contributed by atoms with Crippen molar-refractivity contribution in [3.05, 3.63) is 24.2 Å². The summed E-state index contributed by atoms with van der Waals surface area (Å²) in [6.45, 7) is 6.91. The van der Waals surface area contributed by atoms with Gasteiger partial charge in [-0.15, -0.1) is 0 Å². The third-order valence-electron chi connectivity index (χ3n) is 3.96. The van der Waals surface area contributed by atoms with Gasteiger partial charge in [0, 0.05) is 6.04 Å². The molecule has 2 heteroatoms. The Morgan fingerprint density at radius 3 is 2.56 bits per heavy atom. The summed E-state index contributed by atoms with van der Waals surface area (Å²) >= 11 is 0. The Morgan fingerprint density at radius 2 is 2.00 bits per heavy atom. The molecule has 16 heavy (non-hydrogen) atoms. The molecule has 1 aliphatic carbocycles. The van der Waals surface area contributed by atoms with Crippen molar-refractivity contribution in [1.82, 2.24) is 5.32 Å². The summed E-state index contributed by atoms with van der Waals surface area (Å²) in [6.07, 6.45) is 5.84. The van der Waals surface area contributed by atoms with Gasteiger partial charge in [0.05, 0.1) is 12.3 Å². The first kappa shape index (κ1) is 11.7. The lowest BCUT2D eigenvalue weighted by Crippen LogP contribution is -2.43. The fraction of sp³-hybridized carbons (Fsp3) is 0.714. The van der Waals surface area contributed by atoms with Crippen molar-refractivity contribution in [2.75, 3.05) is 0 Å². The topological polar surface area (TPSA) is 25.2 Å². The first-order chi connectivity index (χ1) is 7.68. The monoisotopic (exact) mass is 221 g/mol. The molecular formula is C14H23NO. The zero-order valence-corrected chi connectivity index (χ0v) is 10.6. The highest BCUT2D eigenvalue weighted by Gasteiger charge is 2.29. The lowest BCUT2D eigenvalue weighted by atomic mass is 9.78. The minimum atomic E-state index is 0.322. The van der Waals surface area contributed by atoms with Crippen LogP contribution in [0, 0.1) is 11.8 Å². The van der Waals surface area contributed by atoms with Gasteiger partial charge in [0.15, 0.2) is 0 Å². The lowest BCUT2D eigenvalue weighted by Gasteiger charge is -2.36. The second-order valence-corrected chi connectivity index (χ2v) is 5.32. The second-order valence-electron chi connectivity index (χ2n) is 5.32. The molecule has 3 atom stereocenters. The molecule has 1 fully saturated rings. The van der Waals surface area contributed by atoms with Crippen molar-refractivity contribution in [1.29, 1.82) is 0 Å². The predicted molar refractivity (Wildman–Crippen MR) is 66.2 cm³/mol. The molecule has 0 bridgehead atoms. The quantitative estimate of drug-likeness (QED) is 0.840. The van der Waals surface area contributed by atoms with E-state index in [1.54, 1.807) is 6.26 Å². The van der Waals surface area contributed by atoms with Crippen LogP contribution in [0.3, 0.4) is 0 Å². The molecule has 90 valence electrons. The Hall–Kier alpha value is -0.760. The van der Waals surface area contributed by atoms with Crippen LogP contribution in [0.15, 0.2) is 22.8 Å². The molecule has 1 N–H and O–H groups in total. The van der Waals surface area contributed by atoms with E-state index in [2.05, 4.69) is 32.2 Å². The van der Waals surface area contributed by atoms with Gasteiger partial charge in [-0.3, -0.25) is 0 Å². The number of hydrogen-bond acceptors (Lipinski definition) is 2. The molecule has 0 spiro atoms. The molecule has 0 aromatic carbocycles. The Morgan fingerprint density at radius 1 is 1.31 bits per heavy atom. The maximum atomic E-state index is 5.44. The Balaban J connectivity index is 1.97. The largest absolute Gasteiger partial charge is 0.468 e. The van der Waals surface area contributed by atoms with Crippen LogP contribution in [-0.2, 0) is 0 Å². The highest BCUT2D eigenvalue weighted by Crippen LogP contribution is 2.30. The van der Waals surface area contributed by atoms with Crippen LogP contribution in [0.2, 0.25) is 0 Å². The van der Waals surface area contributed by atoms with Gasteiger partial charge in [0.1, 0.15) is 5.76 Å². The summed E-state index contributed by atoms with van der Waals surface area (Å²) < 4.78 is 5.44. The van der Waals surface area contributed by atoms with Gasteiger partial charge in [0.25, 0.3) is 0 Å². The Bertz CT molecular complexity index is 297. The van der Waals surface area contributed by atoms with Crippen molar-refractivity contribution < 1.29 is 4.42 Å². The molecule has 2 nitrogen and oxygen atoms in total. The molecule has 0 saturated heterocycles. The van der Waals surface area contributed by atoms with E-state index in [4.69, 9.17) is 4.42 Å². The number of hydrogen-bond donors (Lipinski definition) is 1. The molecule has 0 radical (unpaired) electrons. The average Bonchev–Trinajstić information content (AvgIpc) is 2.76. The van der Waals surface area contributed by atoms with Crippen LogP contribution in [0.25, 0.3) is 0 Å². The smallest absolute Gasteiger partial charge is 0.120 e. The first-order valence-electron chi connectivity index (χ1n) is 6.48. The molecule has 1 saturated carbocycles. The third-order valence-corrected chi connectivity index (χ3v) is 3.96. The van der Waals surface area contributed by atoms with Gasteiger partial charge >= 0.3 is 0 Å². The standard InChI is InChI=1S/C14H23NO/c1-10-6-4-7-11(2)14(10)15-12(3)13-8-5-9-16-13/h5,8-12,14-15H,4,6-7H2,1-3H3. The molecule has 1 heterocycles. The minimum absolute atomic E-state index is 0.322. The van der Waals surface area contributed by atoms with E-state index in [1.165, 1.54) is 19.3 Å².